The van der Waals surface area contributed by atoms with Gasteiger partial charge in [0.15, 0.2) is 0 Å². The Bertz CT molecular complexity index is 610. The van der Waals surface area contributed by atoms with Crippen LogP contribution in [-0.2, 0) is 9.47 Å². The van der Waals surface area contributed by atoms with Crippen LogP contribution in [0.25, 0.3) is 0 Å². The number of benzene rings is 1. The van der Waals surface area contributed by atoms with Crippen molar-refractivity contribution in [2.45, 2.75) is 33.0 Å². The average molecular weight is 324 g/mol. The average Bonchev–Trinajstić information content (AvgIpc) is 2.49. The Morgan fingerprint density at radius 1 is 1.30 bits per heavy atom. The van der Waals surface area contributed by atoms with Crippen molar-refractivity contribution in [2.75, 3.05) is 25.5 Å². The maximum atomic E-state index is 14.0. The van der Waals surface area contributed by atoms with E-state index < -0.39 is 11.8 Å². The highest BCUT2D eigenvalue weighted by Gasteiger charge is 2.26. The fourth-order valence-electron chi connectivity index (χ4n) is 2.58. The van der Waals surface area contributed by atoms with Crippen LogP contribution in [0.15, 0.2) is 12.1 Å². The lowest BCUT2D eigenvalue weighted by molar-refractivity contribution is -0.0530. The third-order valence-corrected chi connectivity index (χ3v) is 3.71. The summed E-state index contributed by atoms with van der Waals surface area (Å²) in [5, 5.41) is 2.66. The number of nitrogens with one attached hydrogen (secondary N) is 1. The van der Waals surface area contributed by atoms with Crippen molar-refractivity contribution in [3.63, 3.8) is 0 Å². The summed E-state index contributed by atoms with van der Waals surface area (Å²) in [6, 6.07) is 2.15. The minimum atomic E-state index is -0.659. The van der Waals surface area contributed by atoms with E-state index in [1.54, 1.807) is 4.90 Å². The molecule has 126 valence electrons. The van der Waals surface area contributed by atoms with Crippen LogP contribution >= 0.6 is 0 Å². The van der Waals surface area contributed by atoms with Crippen molar-refractivity contribution in [2.24, 2.45) is 0 Å². The number of carbonyl (C=O) groups excluding carboxylic acids is 2. The van der Waals surface area contributed by atoms with Crippen LogP contribution < -0.4 is 5.32 Å². The molecule has 1 aromatic rings. The molecule has 0 saturated carbocycles. The minimum Gasteiger partial charge on any atom is -0.465 e. The van der Waals surface area contributed by atoms with Crippen molar-refractivity contribution in [3.05, 3.63) is 29.1 Å². The van der Waals surface area contributed by atoms with Gasteiger partial charge >= 0.3 is 12.0 Å². The number of hydrogen-bond acceptors (Lipinski definition) is 4. The van der Waals surface area contributed by atoms with E-state index in [0.717, 1.165) is 6.07 Å². The number of carbonyl (C=O) groups is 2. The van der Waals surface area contributed by atoms with Gasteiger partial charge < -0.3 is 19.7 Å². The molecule has 1 aliphatic heterocycles. The second-order valence-electron chi connectivity index (χ2n) is 5.71. The molecule has 7 heteroatoms. The molecule has 0 aromatic heterocycles. The molecule has 0 aliphatic carbocycles. The molecule has 2 amide bonds. The van der Waals surface area contributed by atoms with Gasteiger partial charge in [-0.05, 0) is 32.9 Å². The first-order valence-corrected chi connectivity index (χ1v) is 7.41. The molecular formula is C16H21FN2O4. The molecule has 1 saturated heterocycles. The van der Waals surface area contributed by atoms with E-state index in [9.17, 15) is 14.0 Å². The zero-order chi connectivity index (χ0) is 17.1. The highest BCUT2D eigenvalue weighted by atomic mass is 19.1. The van der Waals surface area contributed by atoms with E-state index in [-0.39, 0.29) is 35.1 Å². The largest absolute Gasteiger partial charge is 0.465 e. The molecular weight excluding hydrogens is 303 g/mol. The van der Waals surface area contributed by atoms with E-state index in [1.165, 1.54) is 20.1 Å². The minimum absolute atomic E-state index is 0.0506. The van der Waals surface area contributed by atoms with Crippen LogP contribution in [-0.4, -0.2) is 49.3 Å². The van der Waals surface area contributed by atoms with Gasteiger partial charge in [-0.3, -0.25) is 0 Å². The standard InChI is InChI=1S/C16H21FN2O4/c1-9-7-19(8-10(2)23-9)16(21)18-14-6-12(15(20)22-4)5-13(17)11(14)3/h5-6,9-10H,7-8H2,1-4H3,(H,18,21)/t9-,10-/m1/s1. The normalized spacial score (nSPS) is 21.0. The molecule has 2 atom stereocenters. The predicted molar refractivity (Wildman–Crippen MR) is 83.1 cm³/mol. The van der Waals surface area contributed by atoms with Gasteiger partial charge in [0.25, 0.3) is 0 Å². The first-order valence-electron chi connectivity index (χ1n) is 7.41. The number of halogens is 1. The summed E-state index contributed by atoms with van der Waals surface area (Å²) >= 11 is 0. The van der Waals surface area contributed by atoms with Crippen molar-refractivity contribution >= 4 is 17.7 Å². The van der Waals surface area contributed by atoms with E-state index in [2.05, 4.69) is 10.1 Å². The smallest absolute Gasteiger partial charge is 0.338 e. The van der Waals surface area contributed by atoms with Gasteiger partial charge in [-0.2, -0.15) is 0 Å². The lowest BCUT2D eigenvalue weighted by Crippen LogP contribution is -2.49. The second kappa shape index (κ2) is 6.95. The number of nitrogens with zero attached hydrogens (tertiary/aromatic N) is 1. The Morgan fingerprint density at radius 3 is 2.48 bits per heavy atom. The van der Waals surface area contributed by atoms with Crippen LogP contribution in [0.2, 0.25) is 0 Å². The predicted octanol–water partition coefficient (Wildman–Crippen LogP) is 2.56. The van der Waals surface area contributed by atoms with Gasteiger partial charge in [0.1, 0.15) is 5.82 Å². The molecule has 1 aliphatic rings. The van der Waals surface area contributed by atoms with E-state index in [0.29, 0.717) is 13.1 Å². The van der Waals surface area contributed by atoms with Crippen LogP contribution in [0, 0.1) is 12.7 Å². The SMILES string of the molecule is COC(=O)c1cc(F)c(C)c(NC(=O)N2C[C@@H](C)O[C@H](C)C2)c1. The van der Waals surface area contributed by atoms with E-state index in [1.807, 2.05) is 13.8 Å². The van der Waals surface area contributed by atoms with Crippen molar-refractivity contribution < 1.29 is 23.5 Å². The maximum absolute atomic E-state index is 14.0. The molecule has 0 spiro atoms. The Balaban J connectivity index is 2.20. The number of anilines is 1. The number of rotatable bonds is 2. The molecule has 0 radical (unpaired) electrons. The summed E-state index contributed by atoms with van der Waals surface area (Å²) in [4.78, 5) is 25.6. The topological polar surface area (TPSA) is 67.9 Å². The number of urea groups is 1. The van der Waals surface area contributed by atoms with Gasteiger partial charge in [0.2, 0.25) is 0 Å². The van der Waals surface area contributed by atoms with Crippen LogP contribution in [0.3, 0.4) is 0 Å². The Morgan fingerprint density at radius 2 is 1.91 bits per heavy atom. The Labute approximate surface area is 134 Å². The van der Waals surface area contributed by atoms with Crippen LogP contribution in [0.5, 0.6) is 0 Å². The molecule has 1 fully saturated rings. The van der Waals surface area contributed by atoms with E-state index >= 15 is 0 Å². The van der Waals surface area contributed by atoms with Gasteiger partial charge in [0, 0.05) is 24.3 Å². The molecule has 0 bridgehead atoms. The summed E-state index contributed by atoms with van der Waals surface area (Å²) in [6.45, 7) is 6.22. The van der Waals surface area contributed by atoms with Crippen LogP contribution in [0.1, 0.15) is 29.8 Å². The lowest BCUT2D eigenvalue weighted by Gasteiger charge is -2.35. The van der Waals surface area contributed by atoms with Crippen molar-refractivity contribution in [3.8, 4) is 0 Å². The third-order valence-electron chi connectivity index (χ3n) is 3.71. The van der Waals surface area contributed by atoms with Crippen molar-refractivity contribution in [1.82, 2.24) is 4.90 Å². The molecule has 6 nitrogen and oxygen atoms in total. The van der Waals surface area contributed by atoms with Gasteiger partial charge in [-0.15, -0.1) is 0 Å². The first kappa shape index (κ1) is 17.2. The van der Waals surface area contributed by atoms with Gasteiger partial charge in [-0.1, -0.05) is 0 Å². The molecule has 1 heterocycles. The number of esters is 1. The number of methoxy groups -OCH3 is 1. The monoisotopic (exact) mass is 324 g/mol. The zero-order valence-corrected chi connectivity index (χ0v) is 13.7. The highest BCUT2D eigenvalue weighted by Crippen LogP contribution is 2.22. The summed E-state index contributed by atoms with van der Waals surface area (Å²) < 4.78 is 24.1. The van der Waals surface area contributed by atoms with Gasteiger partial charge in [0.05, 0.1) is 24.9 Å². The van der Waals surface area contributed by atoms with Crippen LogP contribution in [0.4, 0.5) is 14.9 Å². The number of morpholine rings is 1. The van der Waals surface area contributed by atoms with E-state index in [4.69, 9.17) is 4.74 Å². The number of ether oxygens (including phenoxy) is 2. The second-order valence-corrected chi connectivity index (χ2v) is 5.71. The number of hydrogen-bond donors (Lipinski definition) is 1. The fraction of sp³-hybridized carbons (Fsp3) is 0.500. The summed E-state index contributed by atoms with van der Waals surface area (Å²) in [6.07, 6.45) is -0.132. The Hall–Kier alpha value is -2.15. The molecule has 0 unspecified atom stereocenters. The summed E-state index contributed by atoms with van der Waals surface area (Å²) in [5.74, 6) is -1.24. The third kappa shape index (κ3) is 3.98. The zero-order valence-electron chi connectivity index (χ0n) is 13.7. The molecule has 23 heavy (non-hydrogen) atoms. The first-order chi connectivity index (χ1) is 10.8. The highest BCUT2D eigenvalue weighted by molar-refractivity contribution is 5.94. The summed E-state index contributed by atoms with van der Waals surface area (Å²) in [5.41, 5.74) is 0.567. The molecule has 1 N–H and O–H groups in total. The quantitative estimate of drug-likeness (QED) is 0.849. The lowest BCUT2D eigenvalue weighted by atomic mass is 10.1. The van der Waals surface area contributed by atoms with Gasteiger partial charge in [-0.25, -0.2) is 14.0 Å². The fourth-order valence-corrected chi connectivity index (χ4v) is 2.58. The summed E-state index contributed by atoms with van der Waals surface area (Å²) in [7, 11) is 1.22. The Kier molecular flexibility index (Phi) is 5.20. The number of amides is 2. The maximum Gasteiger partial charge on any atom is 0.338 e. The molecule has 2 rings (SSSR count). The van der Waals surface area contributed by atoms with Crippen molar-refractivity contribution in [1.29, 1.82) is 0 Å². The molecule has 1 aromatic carbocycles.